The van der Waals surface area contributed by atoms with E-state index in [0.29, 0.717) is 11.6 Å². The fourth-order valence-electron chi connectivity index (χ4n) is 3.47. The average molecular weight is 363 g/mol. The highest BCUT2D eigenvalue weighted by atomic mass is 35.5. The Hall–Kier alpha value is -1.98. The van der Waals surface area contributed by atoms with Crippen molar-refractivity contribution in [2.45, 2.75) is 31.8 Å². The van der Waals surface area contributed by atoms with E-state index in [1.165, 1.54) is 17.4 Å². The molecule has 5 nitrogen and oxygen atoms in total. The van der Waals surface area contributed by atoms with Gasteiger partial charge in [0.25, 0.3) is 5.91 Å². The van der Waals surface area contributed by atoms with Crippen LogP contribution in [0.15, 0.2) is 41.2 Å². The van der Waals surface area contributed by atoms with Gasteiger partial charge in [0.05, 0.1) is 18.4 Å². The van der Waals surface area contributed by atoms with Gasteiger partial charge in [-0.3, -0.25) is 4.79 Å². The van der Waals surface area contributed by atoms with Crippen LogP contribution in [0.4, 0.5) is 0 Å². The lowest BCUT2D eigenvalue weighted by atomic mass is 10.0. The van der Waals surface area contributed by atoms with Gasteiger partial charge in [-0.25, -0.2) is 0 Å². The van der Waals surface area contributed by atoms with E-state index in [0.717, 1.165) is 51.3 Å². The van der Waals surface area contributed by atoms with Gasteiger partial charge in [-0.2, -0.15) is 0 Å². The average Bonchev–Trinajstić information content (AvgIpc) is 3.31. The molecule has 0 saturated carbocycles. The number of likely N-dealkylation sites (tertiary alicyclic amines) is 1. The van der Waals surface area contributed by atoms with E-state index in [-0.39, 0.29) is 18.3 Å². The Balaban J connectivity index is 0.00000182. The number of hydrogen-bond acceptors (Lipinski definition) is 4. The number of fused-ring (bicyclic) bond motifs is 1. The smallest absolute Gasteiger partial charge is 0.257 e. The number of nitrogens with zero attached hydrogens (tertiary/aromatic N) is 1. The Morgan fingerprint density at radius 3 is 2.84 bits per heavy atom. The van der Waals surface area contributed by atoms with Gasteiger partial charge in [0, 0.05) is 32.1 Å². The van der Waals surface area contributed by atoms with Gasteiger partial charge in [-0.1, -0.05) is 12.1 Å². The van der Waals surface area contributed by atoms with Crippen LogP contribution in [0.5, 0.6) is 5.75 Å². The molecule has 2 aliphatic heterocycles. The van der Waals surface area contributed by atoms with E-state index in [4.69, 9.17) is 9.15 Å². The molecule has 2 aliphatic rings. The maximum atomic E-state index is 12.3. The summed E-state index contributed by atoms with van der Waals surface area (Å²) in [6.07, 6.45) is 6.04. The Morgan fingerprint density at radius 2 is 2.08 bits per heavy atom. The van der Waals surface area contributed by atoms with Gasteiger partial charge < -0.3 is 19.4 Å². The fraction of sp³-hybridized carbons (Fsp3) is 0.421. The van der Waals surface area contributed by atoms with Crippen LogP contribution >= 0.6 is 12.4 Å². The van der Waals surface area contributed by atoms with Gasteiger partial charge in [-0.15, -0.1) is 12.4 Å². The third-order valence-corrected chi connectivity index (χ3v) is 4.90. The van der Waals surface area contributed by atoms with Crippen molar-refractivity contribution in [3.63, 3.8) is 0 Å². The van der Waals surface area contributed by atoms with Crippen LogP contribution in [0.3, 0.4) is 0 Å². The summed E-state index contributed by atoms with van der Waals surface area (Å²) >= 11 is 0. The summed E-state index contributed by atoms with van der Waals surface area (Å²) in [6.45, 7) is 3.25. The molecule has 3 heterocycles. The number of piperidine rings is 1. The molecule has 0 atom stereocenters. The zero-order valence-corrected chi connectivity index (χ0v) is 14.9. The summed E-state index contributed by atoms with van der Waals surface area (Å²) < 4.78 is 10.5. The summed E-state index contributed by atoms with van der Waals surface area (Å²) in [6, 6.07) is 8.64. The van der Waals surface area contributed by atoms with Gasteiger partial charge in [0.15, 0.2) is 0 Å². The maximum Gasteiger partial charge on any atom is 0.257 e. The number of hydrogen-bond donors (Lipinski definition) is 1. The predicted molar refractivity (Wildman–Crippen MR) is 97.4 cm³/mol. The second kappa shape index (κ2) is 7.93. The molecule has 0 radical (unpaired) electrons. The standard InChI is InChI=1S/C19H22N2O3.ClH/c22-19(16-5-9-23-13-16)21-7-3-17(4-8-21)20-12-14-1-2-18-15(11-14)6-10-24-18;/h1-2,5,9,11,13,17,20H,3-4,6-8,10,12H2;1H. The highest BCUT2D eigenvalue weighted by molar-refractivity contribution is 5.93. The monoisotopic (exact) mass is 362 g/mol. The highest BCUT2D eigenvalue weighted by Gasteiger charge is 2.24. The first-order valence-electron chi connectivity index (χ1n) is 8.59. The Morgan fingerprint density at radius 1 is 1.24 bits per heavy atom. The number of nitrogens with one attached hydrogen (secondary N) is 1. The number of halogens is 1. The first-order chi connectivity index (χ1) is 11.8. The second-order valence-corrected chi connectivity index (χ2v) is 6.50. The van der Waals surface area contributed by atoms with Crippen molar-refractivity contribution in [1.29, 1.82) is 0 Å². The third-order valence-electron chi connectivity index (χ3n) is 4.90. The number of carbonyl (C=O) groups is 1. The van der Waals surface area contributed by atoms with Gasteiger partial charge in [0.2, 0.25) is 0 Å². The number of carbonyl (C=O) groups excluding carboxylic acids is 1. The summed E-state index contributed by atoms with van der Waals surface area (Å²) in [4.78, 5) is 14.2. The van der Waals surface area contributed by atoms with Crippen LogP contribution in [0.25, 0.3) is 0 Å². The SMILES string of the molecule is Cl.O=C(c1ccoc1)N1CCC(NCc2ccc3c(c2)CCO3)CC1. The molecular weight excluding hydrogens is 340 g/mol. The molecule has 0 spiro atoms. The highest BCUT2D eigenvalue weighted by Crippen LogP contribution is 2.26. The lowest BCUT2D eigenvalue weighted by Crippen LogP contribution is -2.44. The van der Waals surface area contributed by atoms with Gasteiger partial charge >= 0.3 is 0 Å². The maximum absolute atomic E-state index is 12.3. The molecule has 2 aromatic rings. The predicted octanol–water partition coefficient (Wildman–Crippen LogP) is 3.03. The van der Waals surface area contributed by atoms with Crippen LogP contribution in [0, 0.1) is 0 Å². The molecular formula is C19H23ClN2O3. The van der Waals surface area contributed by atoms with Crippen LogP contribution in [0.2, 0.25) is 0 Å². The summed E-state index contributed by atoms with van der Waals surface area (Å²) in [5, 5.41) is 3.63. The zero-order valence-electron chi connectivity index (χ0n) is 14.1. The molecule has 1 saturated heterocycles. The van der Waals surface area contributed by atoms with E-state index < -0.39 is 0 Å². The van der Waals surface area contributed by atoms with E-state index in [1.54, 1.807) is 12.3 Å². The van der Waals surface area contributed by atoms with Crippen molar-refractivity contribution in [3.05, 3.63) is 53.5 Å². The number of amides is 1. The molecule has 1 aromatic heterocycles. The van der Waals surface area contributed by atoms with Crippen molar-refractivity contribution in [2.24, 2.45) is 0 Å². The van der Waals surface area contributed by atoms with Crippen molar-refractivity contribution in [2.75, 3.05) is 19.7 Å². The van der Waals surface area contributed by atoms with Crippen LogP contribution in [-0.4, -0.2) is 36.5 Å². The van der Waals surface area contributed by atoms with Crippen molar-refractivity contribution >= 4 is 18.3 Å². The topological polar surface area (TPSA) is 54.7 Å². The van der Waals surface area contributed by atoms with E-state index in [9.17, 15) is 4.79 Å². The molecule has 0 unspecified atom stereocenters. The molecule has 1 N–H and O–H groups in total. The van der Waals surface area contributed by atoms with Gasteiger partial charge in [0.1, 0.15) is 12.0 Å². The lowest BCUT2D eigenvalue weighted by Gasteiger charge is -2.32. The molecule has 1 fully saturated rings. The summed E-state index contributed by atoms with van der Waals surface area (Å²) in [5.41, 5.74) is 3.26. The molecule has 1 amide bonds. The Labute approximate surface area is 153 Å². The van der Waals surface area contributed by atoms with Crippen LogP contribution in [0.1, 0.15) is 34.3 Å². The Kier molecular flexibility index (Phi) is 5.66. The first-order valence-corrected chi connectivity index (χ1v) is 8.59. The quantitative estimate of drug-likeness (QED) is 0.908. The first kappa shape index (κ1) is 17.8. The third kappa shape index (κ3) is 3.99. The van der Waals surface area contributed by atoms with Crippen molar-refractivity contribution in [3.8, 4) is 5.75 Å². The molecule has 4 rings (SSSR count). The van der Waals surface area contributed by atoms with E-state index >= 15 is 0 Å². The minimum atomic E-state index is 0. The number of furan rings is 1. The summed E-state index contributed by atoms with van der Waals surface area (Å²) in [5.74, 6) is 1.10. The molecule has 0 aliphatic carbocycles. The lowest BCUT2D eigenvalue weighted by molar-refractivity contribution is 0.0704. The number of benzene rings is 1. The van der Waals surface area contributed by atoms with Crippen molar-refractivity contribution in [1.82, 2.24) is 10.2 Å². The largest absolute Gasteiger partial charge is 0.493 e. The van der Waals surface area contributed by atoms with Crippen molar-refractivity contribution < 1.29 is 13.9 Å². The second-order valence-electron chi connectivity index (χ2n) is 6.50. The fourth-order valence-corrected chi connectivity index (χ4v) is 3.47. The minimum Gasteiger partial charge on any atom is -0.493 e. The van der Waals surface area contributed by atoms with Gasteiger partial charge in [-0.05, 0) is 36.1 Å². The van der Waals surface area contributed by atoms with E-state index in [2.05, 4.69) is 23.5 Å². The molecule has 6 heteroatoms. The normalized spacial score (nSPS) is 16.9. The molecule has 0 bridgehead atoms. The Bertz CT molecular complexity index is 709. The van der Waals surface area contributed by atoms with E-state index in [1.807, 2.05) is 4.90 Å². The molecule has 134 valence electrons. The zero-order chi connectivity index (χ0) is 16.4. The molecule has 25 heavy (non-hydrogen) atoms. The van der Waals surface area contributed by atoms with Crippen LogP contribution in [-0.2, 0) is 13.0 Å². The number of rotatable bonds is 4. The number of ether oxygens (including phenoxy) is 1. The minimum absolute atomic E-state index is 0. The molecule has 1 aromatic carbocycles. The van der Waals surface area contributed by atoms with Crippen LogP contribution < -0.4 is 10.1 Å². The summed E-state index contributed by atoms with van der Waals surface area (Å²) in [7, 11) is 0.